The minimum absolute atomic E-state index is 0.178. The molecular formula is C10H24N2O. The molecule has 0 rings (SSSR count). The molecule has 3 heteroatoms. The topological polar surface area (TPSA) is 47.3 Å². The standard InChI is InChI=1S/C10H24N2O/c1-5-6-7-8-9(12-11)10(2,3)13-4/h9,12H,5-8,11H2,1-4H3. The highest BCUT2D eigenvalue weighted by Gasteiger charge is 2.27. The van der Waals surface area contributed by atoms with Crippen LogP contribution in [0.3, 0.4) is 0 Å². The zero-order chi connectivity index (χ0) is 10.3. The lowest BCUT2D eigenvalue weighted by atomic mass is 9.94. The molecule has 0 amide bonds. The molecule has 0 radical (unpaired) electrons. The van der Waals surface area contributed by atoms with Gasteiger partial charge >= 0.3 is 0 Å². The minimum Gasteiger partial charge on any atom is -0.377 e. The number of nitrogens with two attached hydrogens (primary N) is 1. The van der Waals surface area contributed by atoms with E-state index in [0.29, 0.717) is 0 Å². The molecule has 80 valence electrons. The van der Waals surface area contributed by atoms with Crippen molar-refractivity contribution in [2.75, 3.05) is 7.11 Å². The van der Waals surface area contributed by atoms with Crippen molar-refractivity contribution in [1.29, 1.82) is 0 Å². The lowest BCUT2D eigenvalue weighted by molar-refractivity contribution is -0.0131. The average molecular weight is 188 g/mol. The van der Waals surface area contributed by atoms with Crippen LogP contribution in [0.5, 0.6) is 0 Å². The Hall–Kier alpha value is -0.120. The molecule has 0 aromatic carbocycles. The van der Waals surface area contributed by atoms with Crippen LogP contribution in [0.4, 0.5) is 0 Å². The third kappa shape index (κ3) is 4.60. The lowest BCUT2D eigenvalue weighted by Crippen LogP contribution is -2.50. The van der Waals surface area contributed by atoms with Gasteiger partial charge in [0.25, 0.3) is 0 Å². The molecule has 0 heterocycles. The fourth-order valence-corrected chi connectivity index (χ4v) is 1.37. The van der Waals surface area contributed by atoms with Gasteiger partial charge in [-0.3, -0.25) is 11.3 Å². The molecule has 3 N–H and O–H groups in total. The van der Waals surface area contributed by atoms with Crippen LogP contribution in [0.15, 0.2) is 0 Å². The zero-order valence-corrected chi connectivity index (χ0v) is 9.39. The molecule has 0 aliphatic rings. The van der Waals surface area contributed by atoms with E-state index in [1.165, 1.54) is 19.3 Å². The van der Waals surface area contributed by atoms with Crippen LogP contribution in [-0.2, 0) is 4.74 Å². The number of methoxy groups -OCH3 is 1. The van der Waals surface area contributed by atoms with E-state index < -0.39 is 0 Å². The molecule has 0 spiro atoms. The largest absolute Gasteiger partial charge is 0.377 e. The first-order valence-corrected chi connectivity index (χ1v) is 5.09. The van der Waals surface area contributed by atoms with E-state index >= 15 is 0 Å². The van der Waals surface area contributed by atoms with Crippen molar-refractivity contribution in [1.82, 2.24) is 5.43 Å². The van der Waals surface area contributed by atoms with Crippen molar-refractivity contribution in [3.63, 3.8) is 0 Å². The van der Waals surface area contributed by atoms with E-state index in [9.17, 15) is 0 Å². The molecular weight excluding hydrogens is 164 g/mol. The fraction of sp³-hybridized carbons (Fsp3) is 1.00. The summed E-state index contributed by atoms with van der Waals surface area (Å²) in [5.74, 6) is 5.49. The number of hydrogen-bond donors (Lipinski definition) is 2. The maximum absolute atomic E-state index is 5.49. The first kappa shape index (κ1) is 12.9. The van der Waals surface area contributed by atoms with Gasteiger partial charge in [0.2, 0.25) is 0 Å². The van der Waals surface area contributed by atoms with E-state index in [4.69, 9.17) is 10.6 Å². The smallest absolute Gasteiger partial charge is 0.0788 e. The number of ether oxygens (including phenoxy) is 1. The third-order valence-electron chi connectivity index (χ3n) is 2.66. The SMILES string of the molecule is CCCCCC(NN)C(C)(C)OC. The van der Waals surface area contributed by atoms with E-state index in [1.807, 2.05) is 0 Å². The van der Waals surface area contributed by atoms with Gasteiger partial charge in [-0.15, -0.1) is 0 Å². The van der Waals surface area contributed by atoms with Crippen molar-refractivity contribution in [3.05, 3.63) is 0 Å². The Morgan fingerprint density at radius 1 is 1.38 bits per heavy atom. The second-order valence-electron chi connectivity index (χ2n) is 4.02. The molecule has 0 aromatic heterocycles. The van der Waals surface area contributed by atoms with Crippen molar-refractivity contribution in [2.45, 2.75) is 58.1 Å². The van der Waals surface area contributed by atoms with Crippen LogP contribution in [0, 0.1) is 0 Å². The Morgan fingerprint density at radius 2 is 2.00 bits per heavy atom. The third-order valence-corrected chi connectivity index (χ3v) is 2.66. The number of unbranched alkanes of at least 4 members (excludes halogenated alkanes) is 2. The van der Waals surface area contributed by atoms with E-state index in [2.05, 4.69) is 26.2 Å². The maximum atomic E-state index is 5.49. The summed E-state index contributed by atoms with van der Waals surface area (Å²) in [6.07, 6.45) is 4.78. The van der Waals surface area contributed by atoms with Gasteiger partial charge in [-0.25, -0.2) is 0 Å². The maximum Gasteiger partial charge on any atom is 0.0788 e. The Kier molecular flexibility index (Phi) is 6.29. The van der Waals surface area contributed by atoms with E-state index in [1.54, 1.807) is 7.11 Å². The molecule has 3 nitrogen and oxygen atoms in total. The second kappa shape index (κ2) is 6.35. The zero-order valence-electron chi connectivity index (χ0n) is 9.39. The van der Waals surface area contributed by atoms with E-state index in [-0.39, 0.29) is 11.6 Å². The van der Waals surface area contributed by atoms with Crippen LogP contribution in [0.2, 0.25) is 0 Å². The van der Waals surface area contributed by atoms with Gasteiger partial charge in [0, 0.05) is 13.2 Å². The van der Waals surface area contributed by atoms with Crippen LogP contribution in [0.1, 0.15) is 46.5 Å². The summed E-state index contributed by atoms with van der Waals surface area (Å²) in [7, 11) is 1.73. The van der Waals surface area contributed by atoms with Gasteiger partial charge in [0.15, 0.2) is 0 Å². The average Bonchev–Trinajstić information content (AvgIpc) is 2.12. The Balaban J connectivity index is 3.87. The summed E-state index contributed by atoms with van der Waals surface area (Å²) < 4.78 is 5.38. The molecule has 0 fully saturated rings. The van der Waals surface area contributed by atoms with Gasteiger partial charge in [-0.05, 0) is 20.3 Å². The molecule has 0 aliphatic carbocycles. The highest BCUT2D eigenvalue weighted by atomic mass is 16.5. The molecule has 0 saturated carbocycles. The van der Waals surface area contributed by atoms with Crippen LogP contribution < -0.4 is 11.3 Å². The van der Waals surface area contributed by atoms with Gasteiger partial charge in [-0.1, -0.05) is 26.2 Å². The monoisotopic (exact) mass is 188 g/mol. The summed E-state index contributed by atoms with van der Waals surface area (Å²) in [5.41, 5.74) is 2.65. The molecule has 0 saturated heterocycles. The first-order chi connectivity index (χ1) is 6.08. The summed E-state index contributed by atoms with van der Waals surface area (Å²) in [4.78, 5) is 0. The molecule has 13 heavy (non-hydrogen) atoms. The first-order valence-electron chi connectivity index (χ1n) is 5.09. The minimum atomic E-state index is -0.178. The summed E-state index contributed by atoms with van der Waals surface area (Å²) in [6, 6.07) is 0.240. The van der Waals surface area contributed by atoms with E-state index in [0.717, 1.165) is 6.42 Å². The predicted molar refractivity (Wildman–Crippen MR) is 56.3 cm³/mol. The normalized spacial score (nSPS) is 14.5. The fourth-order valence-electron chi connectivity index (χ4n) is 1.37. The molecule has 1 unspecified atom stereocenters. The Morgan fingerprint density at radius 3 is 2.38 bits per heavy atom. The Bertz CT molecular complexity index is 126. The second-order valence-corrected chi connectivity index (χ2v) is 4.02. The molecule has 0 bridgehead atoms. The summed E-state index contributed by atoms with van der Waals surface area (Å²) in [6.45, 7) is 6.32. The number of hydrazine groups is 1. The predicted octanol–water partition coefficient (Wildman–Crippen LogP) is 1.82. The highest BCUT2D eigenvalue weighted by molar-refractivity contribution is 4.83. The highest BCUT2D eigenvalue weighted by Crippen LogP contribution is 2.18. The lowest BCUT2D eigenvalue weighted by Gasteiger charge is -2.32. The van der Waals surface area contributed by atoms with Crippen molar-refractivity contribution in [2.24, 2.45) is 5.84 Å². The number of nitrogens with one attached hydrogen (secondary N) is 1. The van der Waals surface area contributed by atoms with Crippen molar-refractivity contribution in [3.8, 4) is 0 Å². The van der Waals surface area contributed by atoms with Crippen LogP contribution >= 0.6 is 0 Å². The van der Waals surface area contributed by atoms with Crippen LogP contribution in [0.25, 0.3) is 0 Å². The summed E-state index contributed by atoms with van der Waals surface area (Å²) in [5, 5.41) is 0. The molecule has 0 aromatic rings. The summed E-state index contributed by atoms with van der Waals surface area (Å²) >= 11 is 0. The van der Waals surface area contributed by atoms with Gasteiger partial charge in [-0.2, -0.15) is 0 Å². The Labute approximate surface area is 82.0 Å². The number of hydrogen-bond acceptors (Lipinski definition) is 3. The van der Waals surface area contributed by atoms with Gasteiger partial charge in [0.1, 0.15) is 0 Å². The quantitative estimate of drug-likeness (QED) is 0.364. The molecule has 1 atom stereocenters. The van der Waals surface area contributed by atoms with Gasteiger partial charge in [0.05, 0.1) is 5.60 Å². The molecule has 0 aliphatic heterocycles. The number of rotatable bonds is 7. The van der Waals surface area contributed by atoms with Crippen molar-refractivity contribution < 1.29 is 4.74 Å². The van der Waals surface area contributed by atoms with Gasteiger partial charge < -0.3 is 4.74 Å². The van der Waals surface area contributed by atoms with Crippen LogP contribution in [-0.4, -0.2) is 18.8 Å². The van der Waals surface area contributed by atoms with Crippen molar-refractivity contribution >= 4 is 0 Å².